The van der Waals surface area contributed by atoms with Gasteiger partial charge in [-0.05, 0) is 56.5 Å². The van der Waals surface area contributed by atoms with Gasteiger partial charge in [-0.2, -0.15) is 0 Å². The van der Waals surface area contributed by atoms with Crippen molar-refractivity contribution in [3.05, 3.63) is 35.6 Å². The molecule has 1 N–H and O–H groups in total. The number of hydrogen-bond acceptors (Lipinski definition) is 2. The lowest BCUT2D eigenvalue weighted by atomic mass is 10.0. The molecule has 0 spiro atoms. The zero-order chi connectivity index (χ0) is 14.4. The molecule has 0 amide bonds. The minimum atomic E-state index is -0.150. The summed E-state index contributed by atoms with van der Waals surface area (Å²) >= 11 is 0. The van der Waals surface area contributed by atoms with E-state index in [0.29, 0.717) is 12.1 Å². The highest BCUT2D eigenvalue weighted by Gasteiger charge is 2.23. The first kappa shape index (κ1) is 15.5. The van der Waals surface area contributed by atoms with Crippen molar-refractivity contribution in [2.24, 2.45) is 0 Å². The highest BCUT2D eigenvalue weighted by Crippen LogP contribution is 2.25. The van der Waals surface area contributed by atoms with Crippen LogP contribution in [0.5, 0.6) is 0 Å². The van der Waals surface area contributed by atoms with Crippen LogP contribution in [0.4, 0.5) is 4.39 Å². The second kappa shape index (κ2) is 7.75. The van der Waals surface area contributed by atoms with E-state index in [1.54, 1.807) is 12.1 Å². The van der Waals surface area contributed by atoms with Crippen LogP contribution < -0.4 is 5.32 Å². The van der Waals surface area contributed by atoms with E-state index in [0.717, 1.165) is 32.5 Å². The standard InChI is InChI=1S/C17H27FN2/c1-3-12-20(13-16-6-5-11-19-16)17(4-2)14-7-9-15(18)10-8-14/h7-10,16-17,19H,3-6,11-13H2,1-2H3. The van der Waals surface area contributed by atoms with Crippen LogP contribution in [0.25, 0.3) is 0 Å². The second-order valence-corrected chi connectivity index (χ2v) is 5.76. The van der Waals surface area contributed by atoms with Gasteiger partial charge in [0.05, 0.1) is 0 Å². The molecular weight excluding hydrogens is 251 g/mol. The first-order valence-electron chi connectivity index (χ1n) is 7.97. The molecule has 2 nitrogen and oxygen atoms in total. The molecule has 0 saturated carbocycles. The molecule has 3 heteroatoms. The van der Waals surface area contributed by atoms with Crippen molar-refractivity contribution in [3.63, 3.8) is 0 Å². The van der Waals surface area contributed by atoms with E-state index in [9.17, 15) is 4.39 Å². The Labute approximate surface area is 122 Å². The van der Waals surface area contributed by atoms with E-state index in [4.69, 9.17) is 0 Å². The maximum atomic E-state index is 13.1. The molecule has 0 bridgehead atoms. The van der Waals surface area contributed by atoms with Gasteiger partial charge in [0.15, 0.2) is 0 Å². The summed E-state index contributed by atoms with van der Waals surface area (Å²) in [6.07, 6.45) is 4.79. The summed E-state index contributed by atoms with van der Waals surface area (Å²) in [4.78, 5) is 2.57. The topological polar surface area (TPSA) is 15.3 Å². The molecule has 20 heavy (non-hydrogen) atoms. The van der Waals surface area contributed by atoms with E-state index in [1.807, 2.05) is 12.1 Å². The summed E-state index contributed by atoms with van der Waals surface area (Å²) in [5.74, 6) is -0.150. The summed E-state index contributed by atoms with van der Waals surface area (Å²) in [5, 5.41) is 3.58. The van der Waals surface area contributed by atoms with Crippen LogP contribution in [0, 0.1) is 5.82 Å². The van der Waals surface area contributed by atoms with E-state index < -0.39 is 0 Å². The van der Waals surface area contributed by atoms with Crippen molar-refractivity contribution in [2.45, 2.75) is 51.6 Å². The number of nitrogens with zero attached hydrogens (tertiary/aromatic N) is 1. The fourth-order valence-electron chi connectivity index (χ4n) is 3.25. The van der Waals surface area contributed by atoms with Gasteiger partial charge in [0, 0.05) is 18.6 Å². The maximum absolute atomic E-state index is 13.1. The second-order valence-electron chi connectivity index (χ2n) is 5.76. The molecule has 1 aromatic rings. The molecule has 0 aliphatic carbocycles. The fraction of sp³-hybridized carbons (Fsp3) is 0.647. The molecule has 1 heterocycles. The third-order valence-electron chi connectivity index (χ3n) is 4.21. The summed E-state index contributed by atoms with van der Waals surface area (Å²) in [6, 6.07) is 8.06. The SMILES string of the molecule is CCCN(CC1CCCN1)C(CC)c1ccc(F)cc1. The molecule has 2 unspecified atom stereocenters. The Morgan fingerprint density at radius 1 is 1.30 bits per heavy atom. The van der Waals surface area contributed by atoms with E-state index in [1.165, 1.54) is 18.4 Å². The van der Waals surface area contributed by atoms with Crippen molar-refractivity contribution >= 4 is 0 Å². The van der Waals surface area contributed by atoms with Crippen molar-refractivity contribution in [1.82, 2.24) is 10.2 Å². The Balaban J connectivity index is 2.08. The average Bonchev–Trinajstić information content (AvgIpc) is 2.95. The van der Waals surface area contributed by atoms with Gasteiger partial charge in [-0.3, -0.25) is 4.90 Å². The van der Waals surface area contributed by atoms with E-state index in [-0.39, 0.29) is 5.82 Å². The number of benzene rings is 1. The van der Waals surface area contributed by atoms with Crippen molar-refractivity contribution < 1.29 is 4.39 Å². The van der Waals surface area contributed by atoms with Crippen LogP contribution in [0.2, 0.25) is 0 Å². The summed E-state index contributed by atoms with van der Waals surface area (Å²) in [7, 11) is 0. The molecule has 1 aliphatic heterocycles. The van der Waals surface area contributed by atoms with Crippen LogP contribution in [-0.4, -0.2) is 30.6 Å². The highest BCUT2D eigenvalue weighted by atomic mass is 19.1. The Hall–Kier alpha value is -0.930. The lowest BCUT2D eigenvalue weighted by Crippen LogP contribution is -2.40. The van der Waals surface area contributed by atoms with Crippen molar-refractivity contribution in [1.29, 1.82) is 0 Å². The normalized spacial score (nSPS) is 20.5. The van der Waals surface area contributed by atoms with E-state index in [2.05, 4.69) is 24.1 Å². The smallest absolute Gasteiger partial charge is 0.123 e. The molecule has 1 saturated heterocycles. The Bertz CT molecular complexity index is 384. The zero-order valence-electron chi connectivity index (χ0n) is 12.7. The number of nitrogens with one attached hydrogen (secondary N) is 1. The van der Waals surface area contributed by atoms with Crippen molar-refractivity contribution in [2.75, 3.05) is 19.6 Å². The van der Waals surface area contributed by atoms with Gasteiger partial charge in [0.1, 0.15) is 5.82 Å². The maximum Gasteiger partial charge on any atom is 0.123 e. The first-order chi connectivity index (χ1) is 9.74. The van der Waals surface area contributed by atoms with Crippen LogP contribution >= 0.6 is 0 Å². The largest absolute Gasteiger partial charge is 0.313 e. The van der Waals surface area contributed by atoms with E-state index >= 15 is 0 Å². The Morgan fingerprint density at radius 2 is 2.05 bits per heavy atom. The third-order valence-corrected chi connectivity index (χ3v) is 4.21. The molecule has 1 aromatic carbocycles. The van der Waals surface area contributed by atoms with Gasteiger partial charge in [-0.15, -0.1) is 0 Å². The number of rotatable bonds is 7. The highest BCUT2D eigenvalue weighted by molar-refractivity contribution is 5.20. The Morgan fingerprint density at radius 3 is 2.60 bits per heavy atom. The molecule has 0 aromatic heterocycles. The zero-order valence-corrected chi connectivity index (χ0v) is 12.7. The predicted octanol–water partition coefficient (Wildman–Crippen LogP) is 3.74. The van der Waals surface area contributed by atoms with Gasteiger partial charge < -0.3 is 5.32 Å². The van der Waals surface area contributed by atoms with Gasteiger partial charge in [0.25, 0.3) is 0 Å². The van der Waals surface area contributed by atoms with Gasteiger partial charge in [-0.25, -0.2) is 4.39 Å². The number of hydrogen-bond donors (Lipinski definition) is 1. The fourth-order valence-corrected chi connectivity index (χ4v) is 3.25. The first-order valence-corrected chi connectivity index (χ1v) is 7.97. The summed E-state index contributed by atoms with van der Waals surface area (Å²) in [6.45, 7) is 7.81. The minimum absolute atomic E-state index is 0.150. The lowest BCUT2D eigenvalue weighted by molar-refractivity contribution is 0.175. The van der Waals surface area contributed by atoms with Gasteiger partial charge >= 0.3 is 0 Å². The molecule has 2 atom stereocenters. The molecule has 112 valence electrons. The van der Waals surface area contributed by atoms with Gasteiger partial charge in [0.2, 0.25) is 0 Å². The summed E-state index contributed by atoms with van der Waals surface area (Å²) < 4.78 is 13.1. The average molecular weight is 278 g/mol. The Kier molecular flexibility index (Phi) is 5.99. The molecule has 0 radical (unpaired) electrons. The van der Waals surface area contributed by atoms with Crippen LogP contribution in [-0.2, 0) is 0 Å². The molecule has 2 rings (SSSR count). The van der Waals surface area contributed by atoms with Crippen LogP contribution in [0.3, 0.4) is 0 Å². The van der Waals surface area contributed by atoms with Crippen molar-refractivity contribution in [3.8, 4) is 0 Å². The quantitative estimate of drug-likeness (QED) is 0.817. The van der Waals surface area contributed by atoms with Crippen LogP contribution in [0.1, 0.15) is 51.1 Å². The summed E-state index contributed by atoms with van der Waals surface area (Å²) in [5.41, 5.74) is 1.24. The van der Waals surface area contributed by atoms with Gasteiger partial charge in [-0.1, -0.05) is 26.0 Å². The lowest BCUT2D eigenvalue weighted by Gasteiger charge is -2.33. The molecule has 1 fully saturated rings. The minimum Gasteiger partial charge on any atom is -0.313 e. The molecule has 1 aliphatic rings. The third kappa shape index (κ3) is 4.03. The number of halogens is 1. The monoisotopic (exact) mass is 278 g/mol. The predicted molar refractivity (Wildman–Crippen MR) is 82.3 cm³/mol. The molecular formula is C17H27FN2. The van der Waals surface area contributed by atoms with Crippen LogP contribution in [0.15, 0.2) is 24.3 Å².